The third kappa shape index (κ3) is 3.43. The predicted octanol–water partition coefficient (Wildman–Crippen LogP) is 2.35. The molecule has 4 nitrogen and oxygen atoms in total. The maximum atomic E-state index is 11.2. The van der Waals surface area contributed by atoms with Crippen LogP contribution in [-0.2, 0) is 4.74 Å². The summed E-state index contributed by atoms with van der Waals surface area (Å²) >= 11 is 0. The van der Waals surface area contributed by atoms with Gasteiger partial charge in [0.05, 0.1) is 13.2 Å². The Labute approximate surface area is 90.6 Å². The highest BCUT2D eigenvalue weighted by molar-refractivity contribution is 5.68. The minimum absolute atomic E-state index is 0.503. The first kappa shape index (κ1) is 11.8. The van der Waals surface area contributed by atoms with E-state index in [9.17, 15) is 10.1 Å². The summed E-state index contributed by atoms with van der Waals surface area (Å²) in [4.78, 5) is 11.2. The molecular formula is C11H18N2O2. The van der Waals surface area contributed by atoms with Gasteiger partial charge in [0.2, 0.25) is 0 Å². The molecular weight excluding hydrogens is 192 g/mol. The third-order valence-corrected chi connectivity index (χ3v) is 2.95. The van der Waals surface area contributed by atoms with Gasteiger partial charge < -0.3 is 10.1 Å². The molecule has 1 fully saturated rings. The van der Waals surface area contributed by atoms with Crippen molar-refractivity contribution >= 4 is 6.09 Å². The number of hydrogen-bond donors (Lipinski definition) is 1. The second kappa shape index (κ2) is 5.59. The van der Waals surface area contributed by atoms with Crippen molar-refractivity contribution in [1.82, 2.24) is 5.32 Å². The fourth-order valence-electron chi connectivity index (χ4n) is 2.02. The van der Waals surface area contributed by atoms with Crippen LogP contribution in [0, 0.1) is 11.3 Å². The normalized spacial score (nSPS) is 20.5. The highest BCUT2D eigenvalue weighted by Crippen LogP contribution is 2.25. The minimum atomic E-state index is -0.701. The summed E-state index contributed by atoms with van der Waals surface area (Å²) in [6.07, 6.45) is 6.49. The van der Waals surface area contributed by atoms with Crippen molar-refractivity contribution in [2.45, 2.75) is 50.5 Å². The molecule has 1 rings (SSSR count). The van der Waals surface area contributed by atoms with Crippen LogP contribution in [0.1, 0.15) is 44.9 Å². The summed E-state index contributed by atoms with van der Waals surface area (Å²) in [6, 6.07) is 2.24. The molecule has 0 aromatic rings. The number of nitriles is 1. The third-order valence-electron chi connectivity index (χ3n) is 2.95. The number of ether oxygens (including phenoxy) is 1. The van der Waals surface area contributed by atoms with Crippen molar-refractivity contribution in [1.29, 1.82) is 5.26 Å². The van der Waals surface area contributed by atoms with Crippen LogP contribution in [-0.4, -0.2) is 18.7 Å². The molecule has 0 saturated heterocycles. The molecule has 0 aliphatic heterocycles. The molecule has 0 heterocycles. The van der Waals surface area contributed by atoms with Crippen LogP contribution in [0.25, 0.3) is 0 Å². The van der Waals surface area contributed by atoms with Crippen LogP contribution in [0.5, 0.6) is 0 Å². The van der Waals surface area contributed by atoms with E-state index in [2.05, 4.69) is 16.1 Å². The molecule has 0 spiro atoms. The zero-order valence-electron chi connectivity index (χ0n) is 9.21. The van der Waals surface area contributed by atoms with Gasteiger partial charge in [-0.15, -0.1) is 0 Å². The van der Waals surface area contributed by atoms with Gasteiger partial charge >= 0.3 is 6.09 Å². The first-order valence-corrected chi connectivity index (χ1v) is 5.50. The Balaban J connectivity index is 2.63. The number of carbonyl (C=O) groups is 1. The van der Waals surface area contributed by atoms with E-state index in [1.807, 2.05) is 0 Å². The van der Waals surface area contributed by atoms with Gasteiger partial charge in [0.1, 0.15) is 5.54 Å². The Bertz CT molecular complexity index is 250. The Morgan fingerprint density at radius 3 is 2.27 bits per heavy atom. The molecule has 15 heavy (non-hydrogen) atoms. The van der Waals surface area contributed by atoms with Gasteiger partial charge in [0.25, 0.3) is 0 Å². The summed E-state index contributed by atoms with van der Waals surface area (Å²) in [5, 5.41) is 11.9. The zero-order chi connectivity index (χ0) is 11.1. The zero-order valence-corrected chi connectivity index (χ0v) is 9.21. The lowest BCUT2D eigenvalue weighted by Crippen LogP contribution is -2.47. The van der Waals surface area contributed by atoms with E-state index in [4.69, 9.17) is 0 Å². The van der Waals surface area contributed by atoms with Gasteiger partial charge in [-0.1, -0.05) is 32.1 Å². The standard InChI is InChI=1S/C11H18N2O2/c1-15-10(14)13-11(9-12)7-5-3-2-4-6-8-11/h2-8H2,1H3,(H,13,14). The van der Waals surface area contributed by atoms with Crippen LogP contribution in [0.15, 0.2) is 0 Å². The number of alkyl carbamates (subject to hydrolysis) is 1. The minimum Gasteiger partial charge on any atom is -0.453 e. The molecule has 1 aliphatic carbocycles. The maximum Gasteiger partial charge on any atom is 0.408 e. The van der Waals surface area contributed by atoms with Crippen LogP contribution < -0.4 is 5.32 Å². The summed E-state index contributed by atoms with van der Waals surface area (Å²) in [6.45, 7) is 0. The molecule has 1 aliphatic rings. The maximum absolute atomic E-state index is 11.2. The van der Waals surface area contributed by atoms with Gasteiger partial charge in [-0.25, -0.2) is 4.79 Å². The summed E-state index contributed by atoms with van der Waals surface area (Å²) in [5.41, 5.74) is -0.701. The number of rotatable bonds is 1. The monoisotopic (exact) mass is 210 g/mol. The van der Waals surface area contributed by atoms with Crippen molar-refractivity contribution in [3.8, 4) is 6.07 Å². The molecule has 1 saturated carbocycles. The van der Waals surface area contributed by atoms with Crippen molar-refractivity contribution in [2.75, 3.05) is 7.11 Å². The van der Waals surface area contributed by atoms with Crippen molar-refractivity contribution < 1.29 is 9.53 Å². The molecule has 0 aromatic carbocycles. The Morgan fingerprint density at radius 1 is 1.27 bits per heavy atom. The van der Waals surface area contributed by atoms with E-state index in [0.717, 1.165) is 38.5 Å². The Kier molecular flexibility index (Phi) is 4.41. The lowest BCUT2D eigenvalue weighted by Gasteiger charge is -2.28. The molecule has 0 aromatic heterocycles. The fraction of sp³-hybridized carbons (Fsp3) is 0.818. The first-order chi connectivity index (χ1) is 7.22. The van der Waals surface area contributed by atoms with Gasteiger partial charge in [-0.2, -0.15) is 5.26 Å². The second-order valence-corrected chi connectivity index (χ2v) is 4.08. The second-order valence-electron chi connectivity index (χ2n) is 4.08. The Hall–Kier alpha value is -1.24. The summed E-state index contributed by atoms with van der Waals surface area (Å²) in [7, 11) is 1.32. The molecule has 0 bridgehead atoms. The van der Waals surface area contributed by atoms with Crippen LogP contribution in [0.2, 0.25) is 0 Å². The highest BCUT2D eigenvalue weighted by atomic mass is 16.5. The van der Waals surface area contributed by atoms with E-state index in [1.165, 1.54) is 13.5 Å². The summed E-state index contributed by atoms with van der Waals surface area (Å²) < 4.78 is 4.55. The van der Waals surface area contributed by atoms with E-state index >= 15 is 0 Å². The van der Waals surface area contributed by atoms with Gasteiger partial charge in [0, 0.05) is 0 Å². The van der Waals surface area contributed by atoms with E-state index in [0.29, 0.717) is 0 Å². The van der Waals surface area contributed by atoms with Gasteiger partial charge in [-0.05, 0) is 12.8 Å². The largest absolute Gasteiger partial charge is 0.453 e. The quantitative estimate of drug-likeness (QED) is 0.722. The van der Waals surface area contributed by atoms with Gasteiger partial charge in [-0.3, -0.25) is 0 Å². The first-order valence-electron chi connectivity index (χ1n) is 5.50. The lowest BCUT2D eigenvalue weighted by molar-refractivity contribution is 0.157. The number of amides is 1. The smallest absolute Gasteiger partial charge is 0.408 e. The van der Waals surface area contributed by atoms with Crippen LogP contribution in [0.4, 0.5) is 4.79 Å². The summed E-state index contributed by atoms with van der Waals surface area (Å²) in [5.74, 6) is 0. The molecule has 1 amide bonds. The molecule has 0 atom stereocenters. The Morgan fingerprint density at radius 2 is 1.80 bits per heavy atom. The van der Waals surface area contributed by atoms with Crippen LogP contribution in [0.3, 0.4) is 0 Å². The van der Waals surface area contributed by atoms with Crippen molar-refractivity contribution in [2.24, 2.45) is 0 Å². The molecule has 0 unspecified atom stereocenters. The topological polar surface area (TPSA) is 62.1 Å². The molecule has 0 radical (unpaired) electrons. The van der Waals surface area contributed by atoms with Crippen LogP contribution >= 0.6 is 0 Å². The number of nitrogens with one attached hydrogen (secondary N) is 1. The van der Waals surface area contributed by atoms with E-state index < -0.39 is 11.6 Å². The fourth-order valence-corrected chi connectivity index (χ4v) is 2.02. The SMILES string of the molecule is COC(=O)NC1(C#N)CCCCCCC1. The predicted molar refractivity (Wildman–Crippen MR) is 56.2 cm³/mol. The van der Waals surface area contributed by atoms with Crippen molar-refractivity contribution in [3.05, 3.63) is 0 Å². The van der Waals surface area contributed by atoms with E-state index in [1.54, 1.807) is 0 Å². The molecule has 4 heteroatoms. The van der Waals surface area contributed by atoms with Crippen molar-refractivity contribution in [3.63, 3.8) is 0 Å². The molecule has 84 valence electrons. The number of carbonyl (C=O) groups excluding carboxylic acids is 1. The molecule has 1 N–H and O–H groups in total. The highest BCUT2D eigenvalue weighted by Gasteiger charge is 2.32. The lowest BCUT2D eigenvalue weighted by atomic mass is 9.85. The number of hydrogen-bond acceptors (Lipinski definition) is 3. The van der Waals surface area contributed by atoms with Gasteiger partial charge in [0.15, 0.2) is 0 Å². The average Bonchev–Trinajstić information content (AvgIpc) is 2.22. The number of methoxy groups -OCH3 is 1. The number of nitrogens with zero attached hydrogens (tertiary/aromatic N) is 1. The van der Waals surface area contributed by atoms with E-state index in [-0.39, 0.29) is 0 Å². The average molecular weight is 210 g/mol.